The standard InChI is InChI=1S/C12H17BrN2O3/c1-12(2,18-3)8-14-7-9-6-10(13)4-5-11(9)15(16)17/h4-6,14H,7-8H2,1-3H3. The fourth-order valence-electron chi connectivity index (χ4n) is 1.44. The number of hydrogen-bond acceptors (Lipinski definition) is 4. The van der Waals surface area contributed by atoms with Crippen LogP contribution in [-0.2, 0) is 11.3 Å². The van der Waals surface area contributed by atoms with Gasteiger partial charge in [-0.2, -0.15) is 0 Å². The number of methoxy groups -OCH3 is 1. The molecule has 0 saturated carbocycles. The zero-order valence-electron chi connectivity index (χ0n) is 10.7. The van der Waals surface area contributed by atoms with Crippen molar-refractivity contribution in [3.8, 4) is 0 Å². The van der Waals surface area contributed by atoms with Crippen molar-refractivity contribution >= 4 is 21.6 Å². The molecule has 1 aromatic carbocycles. The van der Waals surface area contributed by atoms with Gasteiger partial charge in [0.05, 0.1) is 10.5 Å². The Labute approximate surface area is 115 Å². The average molecular weight is 317 g/mol. The van der Waals surface area contributed by atoms with Gasteiger partial charge in [-0.05, 0) is 26.0 Å². The number of nitro benzene ring substituents is 1. The molecular weight excluding hydrogens is 300 g/mol. The highest BCUT2D eigenvalue weighted by Crippen LogP contribution is 2.23. The van der Waals surface area contributed by atoms with Gasteiger partial charge in [0.15, 0.2) is 0 Å². The van der Waals surface area contributed by atoms with Crippen LogP contribution in [0.3, 0.4) is 0 Å². The summed E-state index contributed by atoms with van der Waals surface area (Å²) in [4.78, 5) is 10.5. The van der Waals surface area contributed by atoms with Crippen LogP contribution in [0.25, 0.3) is 0 Å². The normalized spacial score (nSPS) is 11.6. The molecule has 18 heavy (non-hydrogen) atoms. The second-order valence-electron chi connectivity index (χ2n) is 4.60. The molecule has 0 aliphatic rings. The summed E-state index contributed by atoms with van der Waals surface area (Å²) in [6.45, 7) is 4.96. The van der Waals surface area contributed by atoms with Gasteiger partial charge in [-0.25, -0.2) is 0 Å². The van der Waals surface area contributed by atoms with Crippen molar-refractivity contribution in [1.82, 2.24) is 5.32 Å². The average Bonchev–Trinajstić information content (AvgIpc) is 2.28. The van der Waals surface area contributed by atoms with Gasteiger partial charge in [0.25, 0.3) is 5.69 Å². The monoisotopic (exact) mass is 316 g/mol. The lowest BCUT2D eigenvalue weighted by molar-refractivity contribution is -0.385. The van der Waals surface area contributed by atoms with Crippen molar-refractivity contribution in [2.45, 2.75) is 26.0 Å². The predicted molar refractivity (Wildman–Crippen MR) is 73.6 cm³/mol. The first kappa shape index (κ1) is 15.1. The zero-order valence-corrected chi connectivity index (χ0v) is 12.3. The van der Waals surface area contributed by atoms with Crippen LogP contribution < -0.4 is 5.32 Å². The summed E-state index contributed by atoms with van der Waals surface area (Å²) in [6, 6.07) is 4.92. The van der Waals surface area contributed by atoms with Crippen LogP contribution in [0, 0.1) is 10.1 Å². The molecule has 0 aliphatic heterocycles. The van der Waals surface area contributed by atoms with E-state index in [2.05, 4.69) is 21.2 Å². The quantitative estimate of drug-likeness (QED) is 0.647. The minimum Gasteiger partial charge on any atom is -0.377 e. The van der Waals surface area contributed by atoms with Crippen molar-refractivity contribution in [1.29, 1.82) is 0 Å². The predicted octanol–water partition coefficient (Wildman–Crippen LogP) is 2.87. The van der Waals surface area contributed by atoms with Crippen LogP contribution in [0.5, 0.6) is 0 Å². The number of nitrogens with zero attached hydrogens (tertiary/aromatic N) is 1. The van der Waals surface area contributed by atoms with E-state index in [4.69, 9.17) is 4.74 Å². The lowest BCUT2D eigenvalue weighted by atomic mass is 10.1. The molecule has 0 amide bonds. The highest BCUT2D eigenvalue weighted by Gasteiger charge is 2.17. The number of rotatable bonds is 6. The van der Waals surface area contributed by atoms with Crippen LogP contribution in [0.15, 0.2) is 22.7 Å². The van der Waals surface area contributed by atoms with Gasteiger partial charge < -0.3 is 10.1 Å². The van der Waals surface area contributed by atoms with Crippen LogP contribution in [0.1, 0.15) is 19.4 Å². The van der Waals surface area contributed by atoms with E-state index in [0.29, 0.717) is 18.7 Å². The summed E-state index contributed by atoms with van der Waals surface area (Å²) in [5.74, 6) is 0. The first-order valence-corrected chi connectivity index (χ1v) is 6.34. The number of nitrogens with one attached hydrogen (secondary N) is 1. The third-order valence-corrected chi connectivity index (χ3v) is 3.15. The van der Waals surface area contributed by atoms with Gasteiger partial charge >= 0.3 is 0 Å². The van der Waals surface area contributed by atoms with Gasteiger partial charge in [0, 0.05) is 36.3 Å². The van der Waals surface area contributed by atoms with Crippen LogP contribution in [0.4, 0.5) is 5.69 Å². The Kier molecular flexibility index (Phi) is 5.25. The first-order valence-electron chi connectivity index (χ1n) is 5.54. The fraction of sp³-hybridized carbons (Fsp3) is 0.500. The van der Waals surface area contributed by atoms with Gasteiger partial charge in [-0.1, -0.05) is 15.9 Å². The Morgan fingerprint density at radius 1 is 1.50 bits per heavy atom. The Balaban J connectivity index is 2.72. The molecule has 0 aliphatic carbocycles. The third-order valence-electron chi connectivity index (χ3n) is 2.66. The van der Waals surface area contributed by atoms with E-state index in [1.165, 1.54) is 6.07 Å². The van der Waals surface area contributed by atoms with E-state index in [1.807, 2.05) is 13.8 Å². The van der Waals surface area contributed by atoms with E-state index in [0.717, 1.165) is 4.47 Å². The number of halogens is 1. The summed E-state index contributed by atoms with van der Waals surface area (Å²) >= 11 is 3.32. The molecule has 0 aromatic heterocycles. The highest BCUT2D eigenvalue weighted by atomic mass is 79.9. The SMILES string of the molecule is COC(C)(C)CNCc1cc(Br)ccc1[N+](=O)[O-]. The first-order chi connectivity index (χ1) is 8.35. The molecule has 0 heterocycles. The minimum atomic E-state index is -0.370. The fourth-order valence-corrected chi connectivity index (χ4v) is 1.85. The Morgan fingerprint density at radius 2 is 2.17 bits per heavy atom. The maximum atomic E-state index is 10.9. The number of ether oxygens (including phenoxy) is 1. The second-order valence-corrected chi connectivity index (χ2v) is 5.51. The maximum absolute atomic E-state index is 10.9. The molecule has 5 nitrogen and oxygen atoms in total. The summed E-state index contributed by atoms with van der Waals surface area (Å²) in [6.07, 6.45) is 0. The Morgan fingerprint density at radius 3 is 2.72 bits per heavy atom. The van der Waals surface area contributed by atoms with Gasteiger partial charge in [0.1, 0.15) is 0 Å². The summed E-state index contributed by atoms with van der Waals surface area (Å²) < 4.78 is 6.10. The zero-order chi connectivity index (χ0) is 13.8. The lowest BCUT2D eigenvalue weighted by Crippen LogP contribution is -2.36. The van der Waals surface area contributed by atoms with Gasteiger partial charge in [0.2, 0.25) is 0 Å². The van der Waals surface area contributed by atoms with E-state index < -0.39 is 0 Å². The molecule has 1 aromatic rings. The van der Waals surface area contributed by atoms with E-state index in [-0.39, 0.29) is 16.2 Å². The summed E-state index contributed by atoms with van der Waals surface area (Å²) in [5.41, 5.74) is 0.489. The molecular formula is C12H17BrN2O3. The smallest absolute Gasteiger partial charge is 0.273 e. The molecule has 0 saturated heterocycles. The molecule has 6 heteroatoms. The topological polar surface area (TPSA) is 64.4 Å². The number of benzene rings is 1. The van der Waals surface area contributed by atoms with Crippen molar-refractivity contribution in [3.05, 3.63) is 38.3 Å². The van der Waals surface area contributed by atoms with Crippen molar-refractivity contribution in [2.24, 2.45) is 0 Å². The molecule has 0 fully saturated rings. The number of nitro groups is 1. The molecule has 1 rings (SSSR count). The minimum absolute atomic E-state index is 0.126. The molecule has 0 radical (unpaired) electrons. The molecule has 1 N–H and O–H groups in total. The molecule has 0 unspecified atom stereocenters. The third kappa shape index (κ3) is 4.36. The summed E-state index contributed by atoms with van der Waals surface area (Å²) in [7, 11) is 1.64. The maximum Gasteiger partial charge on any atom is 0.273 e. The van der Waals surface area contributed by atoms with Crippen LogP contribution in [0.2, 0.25) is 0 Å². The van der Waals surface area contributed by atoms with E-state index in [1.54, 1.807) is 19.2 Å². The largest absolute Gasteiger partial charge is 0.377 e. The van der Waals surface area contributed by atoms with Crippen LogP contribution >= 0.6 is 15.9 Å². The Bertz CT molecular complexity index is 435. The van der Waals surface area contributed by atoms with Crippen molar-refractivity contribution in [3.63, 3.8) is 0 Å². The molecule has 0 spiro atoms. The molecule has 0 atom stereocenters. The molecule has 100 valence electrons. The van der Waals surface area contributed by atoms with Crippen molar-refractivity contribution < 1.29 is 9.66 Å². The lowest BCUT2D eigenvalue weighted by Gasteiger charge is -2.23. The highest BCUT2D eigenvalue weighted by molar-refractivity contribution is 9.10. The van der Waals surface area contributed by atoms with E-state index >= 15 is 0 Å². The van der Waals surface area contributed by atoms with Crippen molar-refractivity contribution in [2.75, 3.05) is 13.7 Å². The Hall–Kier alpha value is -0.980. The van der Waals surface area contributed by atoms with E-state index in [9.17, 15) is 10.1 Å². The van der Waals surface area contributed by atoms with Gasteiger partial charge in [-0.3, -0.25) is 10.1 Å². The number of hydrogen-bond donors (Lipinski definition) is 1. The summed E-state index contributed by atoms with van der Waals surface area (Å²) in [5, 5.41) is 14.1. The second kappa shape index (κ2) is 6.26. The van der Waals surface area contributed by atoms with Crippen LogP contribution in [-0.4, -0.2) is 24.2 Å². The molecule has 0 bridgehead atoms. The van der Waals surface area contributed by atoms with Gasteiger partial charge in [-0.15, -0.1) is 0 Å².